The number of methoxy groups -OCH3 is 1. The highest BCUT2D eigenvalue weighted by Crippen LogP contribution is 2.30. The van der Waals surface area contributed by atoms with Gasteiger partial charge in [0.2, 0.25) is 10.9 Å². The van der Waals surface area contributed by atoms with Gasteiger partial charge in [-0.2, -0.15) is 13.4 Å². The molecule has 0 aliphatic carbocycles. The number of nitrogens with zero attached hydrogens (tertiary/aromatic N) is 1. The van der Waals surface area contributed by atoms with Gasteiger partial charge in [-0.15, -0.1) is 0 Å². The third-order valence-electron chi connectivity index (χ3n) is 4.45. The van der Waals surface area contributed by atoms with Crippen LogP contribution in [0, 0.1) is 0 Å². The molecular weight excluding hydrogens is 408 g/mol. The van der Waals surface area contributed by atoms with Crippen molar-refractivity contribution in [3.63, 3.8) is 0 Å². The van der Waals surface area contributed by atoms with Gasteiger partial charge in [0.05, 0.1) is 18.4 Å². The second kappa shape index (κ2) is 7.83. The Hall–Kier alpha value is -3.33. The van der Waals surface area contributed by atoms with E-state index in [0.717, 1.165) is 11.8 Å². The van der Waals surface area contributed by atoms with Gasteiger partial charge in [0.1, 0.15) is 12.0 Å². The number of oxazole rings is 1. The number of benzene rings is 2. The van der Waals surface area contributed by atoms with Gasteiger partial charge in [0.15, 0.2) is 0 Å². The van der Waals surface area contributed by atoms with E-state index in [4.69, 9.17) is 14.3 Å². The molecule has 3 aromatic rings. The molecular formula is C21H22N2O6S. The highest BCUT2D eigenvalue weighted by Gasteiger charge is 2.23. The van der Waals surface area contributed by atoms with Crippen LogP contribution in [0.25, 0.3) is 11.5 Å². The Kier molecular flexibility index (Phi) is 5.58. The number of carbonyl (C=O) groups is 1. The lowest BCUT2D eigenvalue weighted by Gasteiger charge is -2.18. The Morgan fingerprint density at radius 2 is 1.80 bits per heavy atom. The van der Waals surface area contributed by atoms with E-state index in [1.54, 1.807) is 0 Å². The Balaban J connectivity index is 1.87. The highest BCUT2D eigenvalue weighted by molar-refractivity contribution is 7.92. The molecule has 0 radical (unpaired) electrons. The number of aromatic carboxylic acids is 1. The maximum absolute atomic E-state index is 12.7. The zero-order valence-corrected chi connectivity index (χ0v) is 17.8. The van der Waals surface area contributed by atoms with Crippen LogP contribution in [0.1, 0.15) is 36.7 Å². The van der Waals surface area contributed by atoms with E-state index in [0.29, 0.717) is 5.56 Å². The van der Waals surface area contributed by atoms with Gasteiger partial charge in [0, 0.05) is 5.56 Å². The fraction of sp³-hybridized carbons (Fsp3) is 0.238. The van der Waals surface area contributed by atoms with Crippen LogP contribution in [0.4, 0.5) is 5.69 Å². The van der Waals surface area contributed by atoms with E-state index in [2.05, 4.69) is 30.5 Å². The summed E-state index contributed by atoms with van der Waals surface area (Å²) < 4.78 is 38.2. The van der Waals surface area contributed by atoms with Crippen molar-refractivity contribution in [2.24, 2.45) is 0 Å². The maximum atomic E-state index is 12.7. The zero-order valence-electron chi connectivity index (χ0n) is 17.0. The predicted molar refractivity (Wildman–Crippen MR) is 111 cm³/mol. The first-order valence-corrected chi connectivity index (χ1v) is 10.5. The minimum absolute atomic E-state index is 0.0111. The molecule has 2 aromatic carbocycles. The molecule has 0 amide bonds. The smallest absolute Gasteiger partial charge is 0.335 e. The lowest BCUT2D eigenvalue weighted by molar-refractivity contribution is 0.0696. The molecule has 0 fully saturated rings. The van der Waals surface area contributed by atoms with Gasteiger partial charge >= 0.3 is 5.97 Å². The molecule has 0 atom stereocenters. The number of aromatic nitrogens is 1. The number of carboxylic acids is 1. The Labute approximate surface area is 174 Å². The topological polar surface area (TPSA) is 119 Å². The van der Waals surface area contributed by atoms with Crippen LogP contribution < -0.4 is 9.46 Å². The first-order valence-electron chi connectivity index (χ1n) is 9.02. The molecule has 0 aliphatic rings. The average molecular weight is 430 g/mol. The van der Waals surface area contributed by atoms with Crippen LogP contribution in [0.5, 0.6) is 5.75 Å². The third-order valence-corrected chi connectivity index (χ3v) is 5.68. The predicted octanol–water partition coefficient (Wildman–Crippen LogP) is 4.15. The van der Waals surface area contributed by atoms with Crippen molar-refractivity contribution in [2.45, 2.75) is 31.2 Å². The number of anilines is 1. The molecule has 1 aromatic heterocycles. The summed E-state index contributed by atoms with van der Waals surface area (Å²) >= 11 is 0. The standard InChI is InChI=1S/C21H22N2O6S/c1-21(2,3)15-8-5-13(6-9-15)19-22-18(12-29-19)30(26,27)23-16-10-7-14(20(24)25)11-17(16)28-4/h5-12,23H,1-4H3,(H,24,25). The van der Waals surface area contributed by atoms with E-state index >= 15 is 0 Å². The normalized spacial score (nSPS) is 11.9. The molecule has 0 unspecified atom stereocenters. The zero-order chi connectivity index (χ0) is 22.1. The number of hydrogen-bond donors (Lipinski definition) is 2. The van der Waals surface area contributed by atoms with Crippen molar-refractivity contribution in [1.29, 1.82) is 0 Å². The number of nitrogens with one attached hydrogen (secondary N) is 1. The summed E-state index contributed by atoms with van der Waals surface area (Å²) in [5.74, 6) is -0.912. The van der Waals surface area contributed by atoms with Crippen LogP contribution in [0.2, 0.25) is 0 Å². The van der Waals surface area contributed by atoms with E-state index in [1.165, 1.54) is 25.3 Å². The summed E-state index contributed by atoms with van der Waals surface area (Å²) in [6.45, 7) is 6.29. The Morgan fingerprint density at radius 1 is 1.13 bits per heavy atom. The van der Waals surface area contributed by atoms with Crippen molar-refractivity contribution in [3.8, 4) is 17.2 Å². The number of carboxylic acid groups (broad SMARTS) is 1. The van der Waals surface area contributed by atoms with Crippen molar-refractivity contribution < 1.29 is 27.5 Å². The van der Waals surface area contributed by atoms with Gasteiger partial charge in [-0.3, -0.25) is 4.72 Å². The monoisotopic (exact) mass is 430 g/mol. The number of rotatable bonds is 6. The summed E-state index contributed by atoms with van der Waals surface area (Å²) in [5, 5.41) is 8.76. The summed E-state index contributed by atoms with van der Waals surface area (Å²) in [6.07, 6.45) is 1.05. The van der Waals surface area contributed by atoms with Crippen molar-refractivity contribution in [2.75, 3.05) is 11.8 Å². The van der Waals surface area contributed by atoms with Gasteiger partial charge < -0.3 is 14.3 Å². The molecule has 0 saturated heterocycles. The molecule has 0 bridgehead atoms. The summed E-state index contributed by atoms with van der Waals surface area (Å²) in [4.78, 5) is 15.2. The average Bonchev–Trinajstić information content (AvgIpc) is 3.18. The largest absolute Gasteiger partial charge is 0.495 e. The Bertz CT molecular complexity index is 1170. The van der Waals surface area contributed by atoms with Gasteiger partial charge in [-0.1, -0.05) is 32.9 Å². The summed E-state index contributed by atoms with van der Waals surface area (Å²) in [7, 11) is -2.77. The first kappa shape index (κ1) is 21.4. The molecule has 9 heteroatoms. The minimum Gasteiger partial charge on any atom is -0.495 e. The molecule has 0 spiro atoms. The summed E-state index contributed by atoms with van der Waals surface area (Å²) in [6, 6.07) is 11.3. The van der Waals surface area contributed by atoms with Gasteiger partial charge in [-0.05, 0) is 41.3 Å². The molecule has 3 rings (SSSR count). The van der Waals surface area contributed by atoms with Crippen molar-refractivity contribution in [1.82, 2.24) is 4.98 Å². The van der Waals surface area contributed by atoms with E-state index in [1.807, 2.05) is 24.3 Å². The van der Waals surface area contributed by atoms with Crippen LogP contribution in [0.15, 0.2) is 58.2 Å². The molecule has 1 heterocycles. The molecule has 0 aliphatic heterocycles. The van der Waals surface area contributed by atoms with Crippen molar-refractivity contribution in [3.05, 3.63) is 59.9 Å². The van der Waals surface area contributed by atoms with Crippen LogP contribution >= 0.6 is 0 Å². The minimum atomic E-state index is -4.08. The van der Waals surface area contributed by atoms with Gasteiger partial charge in [-0.25, -0.2) is 4.79 Å². The van der Waals surface area contributed by atoms with Crippen LogP contribution in [-0.2, 0) is 15.4 Å². The Morgan fingerprint density at radius 3 is 2.37 bits per heavy atom. The fourth-order valence-corrected chi connectivity index (χ4v) is 3.67. The van der Waals surface area contributed by atoms with Gasteiger partial charge in [0.25, 0.3) is 10.0 Å². The highest BCUT2D eigenvalue weighted by atomic mass is 32.2. The molecule has 158 valence electrons. The second-order valence-corrected chi connectivity index (χ2v) is 9.27. The van der Waals surface area contributed by atoms with E-state index in [-0.39, 0.29) is 33.3 Å². The molecule has 8 nitrogen and oxygen atoms in total. The number of hydrogen-bond acceptors (Lipinski definition) is 6. The fourth-order valence-electron chi connectivity index (χ4n) is 2.73. The third kappa shape index (κ3) is 4.46. The van der Waals surface area contributed by atoms with E-state index < -0.39 is 16.0 Å². The summed E-state index contributed by atoms with van der Waals surface area (Å²) in [5.41, 5.74) is 1.82. The van der Waals surface area contributed by atoms with Crippen LogP contribution in [0.3, 0.4) is 0 Å². The quantitative estimate of drug-likeness (QED) is 0.603. The lowest BCUT2D eigenvalue weighted by Crippen LogP contribution is -2.14. The number of ether oxygens (including phenoxy) is 1. The maximum Gasteiger partial charge on any atom is 0.335 e. The first-order chi connectivity index (χ1) is 14.0. The second-order valence-electron chi connectivity index (χ2n) is 7.64. The number of sulfonamides is 1. The van der Waals surface area contributed by atoms with E-state index in [9.17, 15) is 13.2 Å². The molecule has 0 saturated carbocycles. The van der Waals surface area contributed by atoms with Crippen molar-refractivity contribution >= 4 is 21.7 Å². The lowest BCUT2D eigenvalue weighted by atomic mass is 9.87. The van der Waals surface area contributed by atoms with Crippen LogP contribution in [-0.4, -0.2) is 31.6 Å². The molecule has 30 heavy (non-hydrogen) atoms. The molecule has 2 N–H and O–H groups in total. The SMILES string of the molecule is COc1cc(C(=O)O)ccc1NS(=O)(=O)c1coc(-c2ccc(C(C)(C)C)cc2)n1.